The summed E-state index contributed by atoms with van der Waals surface area (Å²) in [7, 11) is 0. The monoisotopic (exact) mass is 244 g/mol. The third kappa shape index (κ3) is 1.99. The van der Waals surface area contributed by atoms with Gasteiger partial charge in [0.25, 0.3) is 0 Å². The van der Waals surface area contributed by atoms with E-state index in [1.54, 1.807) is 11.0 Å². The Morgan fingerprint density at radius 1 is 1.24 bits per heavy atom. The fourth-order valence-corrected chi connectivity index (χ4v) is 1.94. The third-order valence-electron chi connectivity index (χ3n) is 2.55. The number of halogens is 1. The normalized spacial score (nSPS) is 10.9. The number of hydrogen-bond acceptors (Lipinski definition) is 3. The largest absolute Gasteiger partial charge is 0.248 e. The van der Waals surface area contributed by atoms with Crippen molar-refractivity contribution in [3.63, 3.8) is 0 Å². The molecule has 0 radical (unpaired) electrons. The first-order valence-corrected chi connectivity index (χ1v) is 5.57. The van der Waals surface area contributed by atoms with Crippen molar-refractivity contribution in [2.24, 2.45) is 0 Å². The van der Waals surface area contributed by atoms with E-state index in [0.717, 1.165) is 16.5 Å². The Bertz CT molecular complexity index is 649. The first-order chi connectivity index (χ1) is 8.33. The zero-order valence-electron chi connectivity index (χ0n) is 8.92. The zero-order valence-corrected chi connectivity index (χ0v) is 9.67. The lowest BCUT2D eigenvalue weighted by molar-refractivity contribution is 0.684. The fourth-order valence-electron chi connectivity index (χ4n) is 1.74. The van der Waals surface area contributed by atoms with E-state index >= 15 is 0 Å². The molecule has 17 heavy (non-hydrogen) atoms. The van der Waals surface area contributed by atoms with Gasteiger partial charge in [0, 0.05) is 10.9 Å². The van der Waals surface area contributed by atoms with Crippen molar-refractivity contribution in [2.75, 3.05) is 0 Å². The SMILES string of the molecule is Clc1nc2ccccc2cc1Cn1cncn1. The molecular formula is C12H9ClN4. The minimum absolute atomic E-state index is 0.513. The Hall–Kier alpha value is -1.94. The van der Waals surface area contributed by atoms with Crippen LogP contribution in [-0.2, 0) is 6.54 Å². The van der Waals surface area contributed by atoms with E-state index in [2.05, 4.69) is 15.1 Å². The number of para-hydroxylation sites is 1. The van der Waals surface area contributed by atoms with Crippen LogP contribution in [0.3, 0.4) is 0 Å². The van der Waals surface area contributed by atoms with Crippen LogP contribution in [0.15, 0.2) is 43.0 Å². The van der Waals surface area contributed by atoms with Crippen LogP contribution in [0.25, 0.3) is 10.9 Å². The smallest absolute Gasteiger partial charge is 0.137 e. The number of fused-ring (bicyclic) bond motifs is 1. The highest BCUT2D eigenvalue weighted by Crippen LogP contribution is 2.20. The summed E-state index contributed by atoms with van der Waals surface area (Å²) in [6, 6.07) is 9.93. The van der Waals surface area contributed by atoms with Crippen LogP contribution in [0.4, 0.5) is 0 Å². The van der Waals surface area contributed by atoms with Crippen LogP contribution in [0.1, 0.15) is 5.56 Å². The van der Waals surface area contributed by atoms with E-state index < -0.39 is 0 Å². The van der Waals surface area contributed by atoms with Gasteiger partial charge in [-0.3, -0.25) is 0 Å². The molecule has 0 unspecified atom stereocenters. The van der Waals surface area contributed by atoms with Crippen molar-refractivity contribution < 1.29 is 0 Å². The second kappa shape index (κ2) is 4.14. The van der Waals surface area contributed by atoms with Crippen LogP contribution in [0.2, 0.25) is 5.15 Å². The first-order valence-electron chi connectivity index (χ1n) is 5.19. The summed E-state index contributed by atoms with van der Waals surface area (Å²) < 4.78 is 1.72. The summed E-state index contributed by atoms with van der Waals surface area (Å²) in [6.45, 7) is 0.580. The standard InChI is InChI=1S/C12H9ClN4/c13-12-10(6-17-8-14-7-15-17)5-9-3-1-2-4-11(9)16-12/h1-5,7-8H,6H2. The summed E-state index contributed by atoms with van der Waals surface area (Å²) in [5, 5.41) is 5.64. The van der Waals surface area contributed by atoms with Crippen LogP contribution in [0.5, 0.6) is 0 Å². The Morgan fingerprint density at radius 3 is 2.94 bits per heavy atom. The maximum atomic E-state index is 6.15. The minimum atomic E-state index is 0.513. The van der Waals surface area contributed by atoms with Gasteiger partial charge in [0.2, 0.25) is 0 Å². The van der Waals surface area contributed by atoms with Gasteiger partial charge in [0.1, 0.15) is 17.8 Å². The lowest BCUT2D eigenvalue weighted by Gasteiger charge is -2.05. The average molecular weight is 245 g/mol. The van der Waals surface area contributed by atoms with Crippen molar-refractivity contribution in [3.05, 3.63) is 53.7 Å². The van der Waals surface area contributed by atoms with E-state index in [9.17, 15) is 0 Å². The van der Waals surface area contributed by atoms with E-state index in [-0.39, 0.29) is 0 Å². The summed E-state index contributed by atoms with van der Waals surface area (Å²) in [6.07, 6.45) is 3.16. The maximum absolute atomic E-state index is 6.15. The van der Waals surface area contributed by atoms with E-state index in [1.165, 1.54) is 6.33 Å². The van der Waals surface area contributed by atoms with Crippen molar-refractivity contribution in [3.8, 4) is 0 Å². The van der Waals surface area contributed by atoms with Crippen LogP contribution in [-0.4, -0.2) is 19.7 Å². The van der Waals surface area contributed by atoms with E-state index in [0.29, 0.717) is 11.7 Å². The molecule has 5 heteroatoms. The Kier molecular flexibility index (Phi) is 2.49. The molecule has 0 bridgehead atoms. The number of aromatic nitrogens is 4. The molecule has 0 amide bonds. The summed E-state index contributed by atoms with van der Waals surface area (Å²) in [5.74, 6) is 0. The highest BCUT2D eigenvalue weighted by atomic mass is 35.5. The lowest BCUT2D eigenvalue weighted by atomic mass is 10.1. The van der Waals surface area contributed by atoms with Crippen molar-refractivity contribution in [1.29, 1.82) is 0 Å². The Labute approximate surface area is 103 Å². The van der Waals surface area contributed by atoms with Crippen LogP contribution in [0, 0.1) is 0 Å². The predicted molar refractivity (Wildman–Crippen MR) is 65.9 cm³/mol. The molecular weight excluding hydrogens is 236 g/mol. The Balaban J connectivity index is 2.07. The molecule has 1 aromatic carbocycles. The number of pyridine rings is 1. The maximum Gasteiger partial charge on any atom is 0.137 e. The molecule has 84 valence electrons. The average Bonchev–Trinajstić information content (AvgIpc) is 2.83. The van der Waals surface area contributed by atoms with Gasteiger partial charge in [-0.1, -0.05) is 29.8 Å². The molecule has 0 spiro atoms. The molecule has 0 aliphatic rings. The van der Waals surface area contributed by atoms with Gasteiger partial charge in [-0.15, -0.1) is 0 Å². The van der Waals surface area contributed by atoms with Gasteiger partial charge in [-0.2, -0.15) is 5.10 Å². The number of rotatable bonds is 2. The van der Waals surface area contributed by atoms with E-state index in [4.69, 9.17) is 11.6 Å². The highest BCUT2D eigenvalue weighted by molar-refractivity contribution is 6.30. The second-order valence-electron chi connectivity index (χ2n) is 3.72. The second-order valence-corrected chi connectivity index (χ2v) is 4.08. The molecule has 0 aliphatic heterocycles. The first kappa shape index (κ1) is 10.2. The lowest BCUT2D eigenvalue weighted by Crippen LogP contribution is -2.01. The van der Waals surface area contributed by atoms with Gasteiger partial charge in [-0.25, -0.2) is 14.6 Å². The van der Waals surface area contributed by atoms with Crippen molar-refractivity contribution >= 4 is 22.5 Å². The van der Waals surface area contributed by atoms with Gasteiger partial charge >= 0.3 is 0 Å². The zero-order chi connectivity index (χ0) is 11.7. The predicted octanol–water partition coefficient (Wildman–Crippen LogP) is 2.53. The van der Waals surface area contributed by atoms with Gasteiger partial charge in [0.15, 0.2) is 0 Å². The summed E-state index contributed by atoms with van der Waals surface area (Å²) in [5.41, 5.74) is 1.84. The van der Waals surface area contributed by atoms with Gasteiger partial charge in [0.05, 0.1) is 12.1 Å². The molecule has 2 aromatic heterocycles. The molecule has 0 saturated heterocycles. The molecule has 0 fully saturated rings. The molecule has 4 nitrogen and oxygen atoms in total. The van der Waals surface area contributed by atoms with Gasteiger partial charge < -0.3 is 0 Å². The molecule has 2 heterocycles. The number of nitrogens with zero attached hydrogens (tertiary/aromatic N) is 4. The number of hydrogen-bond donors (Lipinski definition) is 0. The summed E-state index contributed by atoms with van der Waals surface area (Å²) >= 11 is 6.15. The highest BCUT2D eigenvalue weighted by Gasteiger charge is 2.05. The topological polar surface area (TPSA) is 43.6 Å². The quantitative estimate of drug-likeness (QED) is 0.651. The molecule has 0 atom stereocenters. The van der Waals surface area contributed by atoms with E-state index in [1.807, 2.05) is 30.3 Å². The van der Waals surface area contributed by atoms with Gasteiger partial charge in [-0.05, 0) is 12.1 Å². The molecule has 3 rings (SSSR count). The van der Waals surface area contributed by atoms with Crippen molar-refractivity contribution in [1.82, 2.24) is 19.7 Å². The Morgan fingerprint density at radius 2 is 2.12 bits per heavy atom. The number of benzene rings is 1. The molecule has 0 aliphatic carbocycles. The molecule has 3 aromatic rings. The van der Waals surface area contributed by atoms with Crippen LogP contribution < -0.4 is 0 Å². The summed E-state index contributed by atoms with van der Waals surface area (Å²) in [4.78, 5) is 8.26. The van der Waals surface area contributed by atoms with Crippen molar-refractivity contribution in [2.45, 2.75) is 6.54 Å². The fraction of sp³-hybridized carbons (Fsp3) is 0.0833. The molecule has 0 N–H and O–H groups in total. The minimum Gasteiger partial charge on any atom is -0.248 e. The molecule has 0 saturated carbocycles. The third-order valence-corrected chi connectivity index (χ3v) is 2.88. The van der Waals surface area contributed by atoms with Crippen LogP contribution >= 0.6 is 11.6 Å².